The van der Waals surface area contributed by atoms with Gasteiger partial charge >= 0.3 is 0 Å². The summed E-state index contributed by atoms with van der Waals surface area (Å²) in [6, 6.07) is 15.6. The van der Waals surface area contributed by atoms with Crippen LogP contribution < -0.4 is 19.7 Å². The summed E-state index contributed by atoms with van der Waals surface area (Å²) >= 11 is 4.00. The van der Waals surface area contributed by atoms with Crippen molar-refractivity contribution in [1.82, 2.24) is 0 Å². The van der Waals surface area contributed by atoms with Crippen molar-refractivity contribution < 1.29 is 4.74 Å². The zero-order valence-corrected chi connectivity index (χ0v) is 20.5. The van der Waals surface area contributed by atoms with E-state index in [4.69, 9.17) is 4.74 Å². The molecule has 2 heterocycles. The van der Waals surface area contributed by atoms with Gasteiger partial charge in [0.15, 0.2) is 0 Å². The lowest BCUT2D eigenvalue weighted by Gasteiger charge is -2.31. The molecule has 0 bridgehead atoms. The average molecular weight is 447 g/mol. The fraction of sp³-hybridized carbons (Fsp3) is 0.231. The van der Waals surface area contributed by atoms with Crippen LogP contribution in [0.15, 0.2) is 66.1 Å². The molecule has 1 aliphatic heterocycles. The van der Waals surface area contributed by atoms with Crippen LogP contribution in [0.3, 0.4) is 0 Å². The lowest BCUT2D eigenvalue weighted by Crippen LogP contribution is -2.48. The summed E-state index contributed by atoms with van der Waals surface area (Å²) in [5.74, 6) is 1.05. The molecule has 0 saturated heterocycles. The van der Waals surface area contributed by atoms with Gasteiger partial charge < -0.3 is 4.74 Å². The van der Waals surface area contributed by atoms with E-state index in [9.17, 15) is 0 Å². The summed E-state index contributed by atoms with van der Waals surface area (Å²) in [5.41, 5.74) is 1.52. The Bertz CT molecular complexity index is 1340. The zero-order chi connectivity index (χ0) is 21.0. The first-order valence-electron chi connectivity index (χ1n) is 10.4. The van der Waals surface area contributed by atoms with Gasteiger partial charge in [0, 0.05) is 14.8 Å². The number of thioether (sulfide) groups is 1. The second-order valence-electron chi connectivity index (χ2n) is 8.61. The molecule has 0 saturated carbocycles. The second-order valence-corrected chi connectivity index (χ2v) is 15.5. The maximum atomic E-state index is 6.35. The molecule has 2 aliphatic rings. The topological polar surface area (TPSA) is 9.23 Å². The fourth-order valence-electron chi connectivity index (χ4n) is 4.85. The highest BCUT2D eigenvalue weighted by Gasteiger charge is 2.42. The van der Waals surface area contributed by atoms with Crippen LogP contribution in [-0.2, 0) is 0 Å². The van der Waals surface area contributed by atoms with Crippen LogP contribution in [0.1, 0.15) is 11.8 Å². The highest BCUT2D eigenvalue weighted by molar-refractivity contribution is 8.05. The Morgan fingerprint density at radius 2 is 1.93 bits per heavy atom. The van der Waals surface area contributed by atoms with Gasteiger partial charge in [-0.15, -0.1) is 23.1 Å². The van der Waals surface area contributed by atoms with Crippen molar-refractivity contribution in [2.45, 2.75) is 32.2 Å². The molecule has 0 fully saturated rings. The number of ether oxygens (including phenoxy) is 1. The first-order chi connectivity index (χ1) is 14.4. The van der Waals surface area contributed by atoms with Crippen molar-refractivity contribution in [3.8, 4) is 5.75 Å². The van der Waals surface area contributed by atoms with Gasteiger partial charge in [-0.3, -0.25) is 0 Å². The maximum absolute atomic E-state index is 6.35. The lowest BCUT2D eigenvalue weighted by atomic mass is 10.1. The third-order valence-corrected chi connectivity index (χ3v) is 12.5. The van der Waals surface area contributed by atoms with E-state index < -0.39 is 8.07 Å². The van der Waals surface area contributed by atoms with Gasteiger partial charge in [-0.05, 0) is 57.5 Å². The van der Waals surface area contributed by atoms with E-state index in [1.807, 2.05) is 29.2 Å². The van der Waals surface area contributed by atoms with Crippen molar-refractivity contribution >= 4 is 57.9 Å². The van der Waals surface area contributed by atoms with E-state index in [1.165, 1.54) is 41.1 Å². The molecule has 1 aliphatic carbocycles. The van der Waals surface area contributed by atoms with Gasteiger partial charge in [0.25, 0.3) is 0 Å². The number of aryl methyl sites for hydroxylation is 1. The van der Waals surface area contributed by atoms with Crippen molar-refractivity contribution in [2.24, 2.45) is 0 Å². The molecule has 5 rings (SSSR count). The molecule has 1 aromatic heterocycles. The molecule has 152 valence electrons. The Balaban J connectivity index is 1.77. The van der Waals surface area contributed by atoms with Gasteiger partial charge in [-0.25, -0.2) is 0 Å². The molecular formula is C26H26OS2Si. The van der Waals surface area contributed by atoms with E-state index in [-0.39, 0.29) is 0 Å². The van der Waals surface area contributed by atoms with Gasteiger partial charge in [0.1, 0.15) is 20.4 Å². The van der Waals surface area contributed by atoms with E-state index in [0.717, 1.165) is 5.75 Å². The van der Waals surface area contributed by atoms with Gasteiger partial charge in [-0.2, -0.15) is 0 Å². The summed E-state index contributed by atoms with van der Waals surface area (Å²) in [7, 11) is -2.02. The monoisotopic (exact) mass is 446 g/mol. The van der Waals surface area contributed by atoms with Crippen molar-refractivity contribution in [1.29, 1.82) is 0 Å². The highest BCUT2D eigenvalue weighted by Crippen LogP contribution is 2.45. The largest absolute Gasteiger partial charge is 0.489 e. The molecule has 30 heavy (non-hydrogen) atoms. The Morgan fingerprint density at radius 1 is 1.13 bits per heavy atom. The number of benzene rings is 2. The number of hydrogen-bond acceptors (Lipinski definition) is 3. The molecule has 0 radical (unpaired) electrons. The molecule has 0 spiro atoms. The molecular weight excluding hydrogens is 421 g/mol. The van der Waals surface area contributed by atoms with E-state index in [1.54, 1.807) is 5.20 Å². The van der Waals surface area contributed by atoms with Crippen LogP contribution in [0.2, 0.25) is 13.1 Å². The van der Waals surface area contributed by atoms with Crippen LogP contribution in [0.5, 0.6) is 5.75 Å². The molecule has 2 aromatic carbocycles. The minimum Gasteiger partial charge on any atom is -0.489 e. The highest BCUT2D eigenvalue weighted by atomic mass is 32.2. The van der Waals surface area contributed by atoms with E-state index in [0.29, 0.717) is 11.9 Å². The maximum Gasteiger partial charge on any atom is 0.127 e. The molecule has 0 N–H and O–H groups in total. The van der Waals surface area contributed by atoms with E-state index in [2.05, 4.69) is 82.1 Å². The Kier molecular flexibility index (Phi) is 4.84. The first-order valence-corrected chi connectivity index (χ1v) is 15.1. The van der Waals surface area contributed by atoms with Crippen molar-refractivity contribution in [2.75, 3.05) is 6.61 Å². The quantitative estimate of drug-likeness (QED) is 0.390. The predicted molar refractivity (Wildman–Crippen MR) is 137 cm³/mol. The summed E-state index contributed by atoms with van der Waals surface area (Å²) in [6.07, 6.45) is 4.25. The zero-order valence-electron chi connectivity index (χ0n) is 17.9. The van der Waals surface area contributed by atoms with Crippen LogP contribution in [0.25, 0.3) is 21.5 Å². The SMILES string of the molecule is C=CCOc1c([Si](C)(C)C2=c3sc(C)cc3=C3C=C(C)SC32)ccc2ccccc12. The van der Waals surface area contributed by atoms with Crippen molar-refractivity contribution in [3.63, 3.8) is 0 Å². The average Bonchev–Trinajstić information content (AvgIpc) is 3.34. The van der Waals surface area contributed by atoms with Crippen LogP contribution in [-0.4, -0.2) is 19.9 Å². The van der Waals surface area contributed by atoms with Crippen LogP contribution in [0, 0.1) is 6.92 Å². The molecule has 1 atom stereocenters. The third kappa shape index (κ3) is 2.96. The third-order valence-electron chi connectivity index (χ3n) is 6.19. The number of fused-ring (bicyclic) bond motifs is 3. The fourth-order valence-corrected chi connectivity index (χ4v) is 12.1. The predicted octanol–water partition coefficient (Wildman–Crippen LogP) is 5.26. The summed E-state index contributed by atoms with van der Waals surface area (Å²) < 4.78 is 7.87. The molecule has 1 nitrogen and oxygen atoms in total. The summed E-state index contributed by atoms with van der Waals surface area (Å²) in [6.45, 7) is 13.9. The Morgan fingerprint density at radius 3 is 2.73 bits per heavy atom. The molecule has 1 unspecified atom stereocenters. The van der Waals surface area contributed by atoms with Gasteiger partial charge in [0.05, 0.1) is 5.25 Å². The number of hydrogen-bond donors (Lipinski definition) is 0. The minimum atomic E-state index is -2.02. The summed E-state index contributed by atoms with van der Waals surface area (Å²) in [4.78, 5) is 2.83. The smallest absolute Gasteiger partial charge is 0.127 e. The number of rotatable bonds is 5. The Hall–Kier alpha value is -2.01. The lowest BCUT2D eigenvalue weighted by molar-refractivity contribution is 0.370. The van der Waals surface area contributed by atoms with Gasteiger partial charge in [0.2, 0.25) is 0 Å². The molecule has 4 heteroatoms. The van der Waals surface area contributed by atoms with E-state index >= 15 is 0 Å². The van der Waals surface area contributed by atoms with Crippen LogP contribution in [0.4, 0.5) is 0 Å². The minimum absolute atomic E-state index is 0.465. The number of thiophene rings is 1. The number of allylic oxidation sites excluding steroid dienone is 2. The van der Waals surface area contributed by atoms with Crippen LogP contribution >= 0.6 is 23.1 Å². The second kappa shape index (κ2) is 7.29. The molecule has 3 aromatic rings. The Labute approximate surface area is 187 Å². The van der Waals surface area contributed by atoms with Gasteiger partial charge in [-0.1, -0.05) is 62.1 Å². The standard InChI is InChI=1S/C26H26OS2Si/c1-6-13-27-23-19-10-8-7-9-18(19)11-12-22(23)30(4,5)26-24-20(14-16(2)28-24)21-15-17(3)29-25(21)26/h6-12,14-15,24H,1,13H2,2-5H3. The first kappa shape index (κ1) is 19.9. The summed E-state index contributed by atoms with van der Waals surface area (Å²) in [5, 5.41) is 7.42. The normalized spacial score (nSPS) is 17.9. The molecule has 0 amide bonds. The van der Waals surface area contributed by atoms with Crippen molar-refractivity contribution in [3.05, 3.63) is 80.7 Å².